The molecule has 0 spiro atoms. The van der Waals surface area contributed by atoms with Crippen molar-refractivity contribution >= 4 is 33.6 Å². The number of halogens is 1. The Morgan fingerprint density at radius 1 is 1.12 bits per heavy atom. The van der Waals surface area contributed by atoms with Crippen molar-refractivity contribution in [3.8, 4) is 11.4 Å². The van der Waals surface area contributed by atoms with E-state index >= 15 is 0 Å². The summed E-state index contributed by atoms with van der Waals surface area (Å²) in [5, 5.41) is 1.17. The Labute approximate surface area is 152 Å². The molecule has 0 bridgehead atoms. The van der Waals surface area contributed by atoms with Crippen molar-refractivity contribution in [1.82, 2.24) is 4.57 Å². The number of nitrogens with zero attached hydrogens (tertiary/aromatic N) is 1. The first-order valence-corrected chi connectivity index (χ1v) is 8.89. The van der Waals surface area contributed by atoms with Crippen molar-refractivity contribution in [2.24, 2.45) is 0 Å². The summed E-state index contributed by atoms with van der Waals surface area (Å²) in [5.74, 6) is 0.505. The van der Waals surface area contributed by atoms with Crippen LogP contribution in [0.15, 0.2) is 46.1 Å². The van der Waals surface area contributed by atoms with E-state index in [1.54, 1.807) is 31.2 Å². The molecule has 0 N–H and O–H groups in total. The highest BCUT2D eigenvalue weighted by Crippen LogP contribution is 2.31. The summed E-state index contributed by atoms with van der Waals surface area (Å²) < 4.78 is 29.4. The smallest absolute Gasteiger partial charge is 0.255 e. The highest BCUT2D eigenvalue weighted by atomic mass is 35.5. The molecule has 130 valence electrons. The third-order valence-corrected chi connectivity index (χ3v) is 5.13. The fourth-order valence-corrected chi connectivity index (χ4v) is 3.36. The number of aromatic nitrogens is 1. The molecule has 1 aromatic heterocycles. The SMILES string of the molecule is COc1cc(C)c(Cl)cc1-n1c(=O)cc(C)c2cc(S(=O)[O-])ccc21. The number of hydrogen-bond donors (Lipinski definition) is 0. The zero-order valence-electron chi connectivity index (χ0n) is 13.8. The van der Waals surface area contributed by atoms with E-state index in [9.17, 15) is 13.6 Å². The van der Waals surface area contributed by atoms with Crippen molar-refractivity contribution in [2.45, 2.75) is 18.7 Å². The summed E-state index contributed by atoms with van der Waals surface area (Å²) in [6.45, 7) is 3.62. The summed E-state index contributed by atoms with van der Waals surface area (Å²) in [6.07, 6.45) is 0. The Kier molecular flexibility index (Phi) is 4.69. The Bertz CT molecular complexity index is 1070. The number of pyridine rings is 1. The van der Waals surface area contributed by atoms with E-state index in [-0.39, 0.29) is 10.5 Å². The van der Waals surface area contributed by atoms with Gasteiger partial charge in [0.2, 0.25) is 0 Å². The highest BCUT2D eigenvalue weighted by Gasteiger charge is 2.15. The first kappa shape index (κ1) is 17.7. The van der Waals surface area contributed by atoms with Gasteiger partial charge in [0.1, 0.15) is 5.75 Å². The van der Waals surface area contributed by atoms with E-state index in [4.69, 9.17) is 16.3 Å². The Morgan fingerprint density at radius 3 is 2.48 bits per heavy atom. The lowest BCUT2D eigenvalue weighted by atomic mass is 10.1. The van der Waals surface area contributed by atoms with Crippen LogP contribution >= 0.6 is 11.6 Å². The Hall–Kier alpha value is -2.15. The lowest BCUT2D eigenvalue weighted by Gasteiger charge is -2.17. The molecule has 25 heavy (non-hydrogen) atoms. The molecule has 3 rings (SSSR count). The van der Waals surface area contributed by atoms with Crippen LogP contribution < -0.4 is 10.3 Å². The molecule has 1 heterocycles. The number of ether oxygens (including phenoxy) is 1. The van der Waals surface area contributed by atoms with Gasteiger partial charge in [-0.2, -0.15) is 0 Å². The summed E-state index contributed by atoms with van der Waals surface area (Å²) >= 11 is 3.90. The molecule has 0 radical (unpaired) electrons. The predicted octanol–water partition coefficient (Wildman–Crippen LogP) is 3.51. The quantitative estimate of drug-likeness (QED) is 0.656. The van der Waals surface area contributed by atoms with Crippen LogP contribution in [0.3, 0.4) is 0 Å². The molecular formula is C18H15ClNO4S-. The van der Waals surface area contributed by atoms with Crippen LogP contribution in [-0.4, -0.2) is 20.4 Å². The topological polar surface area (TPSA) is 71.4 Å². The van der Waals surface area contributed by atoms with Crippen molar-refractivity contribution < 1.29 is 13.5 Å². The van der Waals surface area contributed by atoms with Gasteiger partial charge in [-0.15, -0.1) is 0 Å². The molecule has 1 unspecified atom stereocenters. The standard InChI is InChI=1S/C18H16ClNO4S/c1-10-7-18(21)20(15-5-4-12(25(22)23)8-13(10)15)16-9-14(19)11(2)6-17(16)24-3/h4-9H,1-3H3,(H,22,23)/p-1. The average Bonchev–Trinajstić information content (AvgIpc) is 2.57. The maximum absolute atomic E-state index is 12.7. The number of aryl methyl sites for hydroxylation is 2. The second-order valence-corrected chi connectivity index (χ2v) is 7.04. The van der Waals surface area contributed by atoms with Crippen LogP contribution in [0.1, 0.15) is 11.1 Å². The second kappa shape index (κ2) is 6.63. The summed E-state index contributed by atoms with van der Waals surface area (Å²) in [4.78, 5) is 12.8. The van der Waals surface area contributed by atoms with Gasteiger partial charge >= 0.3 is 0 Å². The lowest BCUT2D eigenvalue weighted by Crippen LogP contribution is -2.19. The summed E-state index contributed by atoms with van der Waals surface area (Å²) in [6, 6.07) is 9.52. The molecule has 0 aliphatic carbocycles. The predicted molar refractivity (Wildman–Crippen MR) is 97.8 cm³/mol. The van der Waals surface area contributed by atoms with Crippen molar-refractivity contribution in [1.29, 1.82) is 0 Å². The van der Waals surface area contributed by atoms with Gasteiger partial charge < -0.3 is 9.29 Å². The number of benzene rings is 2. The fourth-order valence-electron chi connectivity index (χ4n) is 2.81. The zero-order valence-corrected chi connectivity index (χ0v) is 15.4. The molecule has 0 aliphatic heterocycles. The minimum atomic E-state index is -2.35. The number of methoxy groups -OCH3 is 1. The largest absolute Gasteiger partial charge is 0.768 e. The van der Waals surface area contributed by atoms with E-state index < -0.39 is 11.1 Å². The van der Waals surface area contributed by atoms with Crippen molar-refractivity contribution in [2.75, 3.05) is 7.11 Å². The van der Waals surface area contributed by atoms with Crippen LogP contribution in [0.2, 0.25) is 5.02 Å². The van der Waals surface area contributed by atoms with Crippen molar-refractivity contribution in [3.63, 3.8) is 0 Å². The molecule has 5 nitrogen and oxygen atoms in total. The minimum Gasteiger partial charge on any atom is -0.768 e. The van der Waals surface area contributed by atoms with Crippen LogP contribution in [-0.2, 0) is 11.1 Å². The molecule has 0 saturated heterocycles. The van der Waals surface area contributed by atoms with E-state index in [2.05, 4.69) is 0 Å². The maximum atomic E-state index is 12.7. The molecule has 3 aromatic rings. The second-order valence-electron chi connectivity index (χ2n) is 5.69. The third kappa shape index (κ3) is 3.08. The Balaban J connectivity index is 2.43. The van der Waals surface area contributed by atoms with Crippen LogP contribution in [0.25, 0.3) is 16.6 Å². The summed E-state index contributed by atoms with van der Waals surface area (Å²) in [5.41, 5.74) is 2.36. The van der Waals surface area contributed by atoms with Gasteiger partial charge in [-0.05, 0) is 66.4 Å². The van der Waals surface area contributed by atoms with Crippen LogP contribution in [0.4, 0.5) is 0 Å². The summed E-state index contributed by atoms with van der Waals surface area (Å²) in [7, 11) is 1.52. The van der Waals surface area contributed by atoms with Gasteiger partial charge in [0.25, 0.3) is 5.56 Å². The molecule has 0 fully saturated rings. The molecule has 1 atom stereocenters. The monoisotopic (exact) mass is 376 g/mol. The van der Waals surface area contributed by atoms with Crippen LogP contribution in [0.5, 0.6) is 5.75 Å². The molecule has 0 aliphatic rings. The zero-order chi connectivity index (χ0) is 18.3. The first-order valence-electron chi connectivity index (χ1n) is 7.43. The van der Waals surface area contributed by atoms with Crippen LogP contribution in [0, 0.1) is 13.8 Å². The first-order chi connectivity index (χ1) is 11.8. The molecule has 0 saturated carbocycles. The van der Waals surface area contributed by atoms with E-state index in [0.29, 0.717) is 32.9 Å². The normalized spacial score (nSPS) is 12.4. The molecule has 0 amide bonds. The van der Waals surface area contributed by atoms with E-state index in [1.807, 2.05) is 6.92 Å². The number of fused-ring (bicyclic) bond motifs is 1. The maximum Gasteiger partial charge on any atom is 0.255 e. The van der Waals surface area contributed by atoms with Gasteiger partial charge in [0, 0.05) is 21.4 Å². The van der Waals surface area contributed by atoms with E-state index in [0.717, 1.165) is 5.56 Å². The van der Waals surface area contributed by atoms with Crippen molar-refractivity contribution in [3.05, 3.63) is 62.9 Å². The average molecular weight is 377 g/mol. The highest BCUT2D eigenvalue weighted by molar-refractivity contribution is 7.79. The number of rotatable bonds is 3. The van der Waals surface area contributed by atoms with Gasteiger partial charge in [-0.1, -0.05) is 11.6 Å². The number of hydrogen-bond acceptors (Lipinski definition) is 4. The van der Waals surface area contributed by atoms with Gasteiger partial charge in [0.15, 0.2) is 0 Å². The molecule has 7 heteroatoms. The molecule has 2 aromatic carbocycles. The molecular weight excluding hydrogens is 362 g/mol. The van der Waals surface area contributed by atoms with E-state index in [1.165, 1.54) is 23.8 Å². The Morgan fingerprint density at radius 2 is 1.84 bits per heavy atom. The third-order valence-electron chi connectivity index (χ3n) is 4.09. The van der Waals surface area contributed by atoms with Gasteiger partial charge in [-0.3, -0.25) is 13.6 Å². The van der Waals surface area contributed by atoms with Gasteiger partial charge in [-0.25, -0.2) is 0 Å². The van der Waals surface area contributed by atoms with Gasteiger partial charge in [0.05, 0.1) is 18.3 Å². The lowest BCUT2D eigenvalue weighted by molar-refractivity contribution is 0.412. The minimum absolute atomic E-state index is 0.162. The fraction of sp³-hybridized carbons (Fsp3) is 0.167.